The first-order chi connectivity index (χ1) is 11.4. The van der Waals surface area contributed by atoms with Gasteiger partial charge in [-0.1, -0.05) is 15.9 Å². The van der Waals surface area contributed by atoms with Crippen molar-refractivity contribution in [3.05, 3.63) is 33.8 Å². The summed E-state index contributed by atoms with van der Waals surface area (Å²) in [4.78, 5) is 50.1. The second-order valence-corrected chi connectivity index (χ2v) is 6.34. The number of amides is 3. The van der Waals surface area contributed by atoms with Crippen molar-refractivity contribution >= 4 is 39.6 Å². The maximum atomic E-state index is 12.4. The van der Waals surface area contributed by atoms with Crippen LogP contribution in [0.3, 0.4) is 0 Å². The van der Waals surface area contributed by atoms with Crippen LogP contribution < -0.4 is 0 Å². The average molecular weight is 397 g/mol. The lowest BCUT2D eigenvalue weighted by Gasteiger charge is -2.31. The predicted octanol–water partition coefficient (Wildman–Crippen LogP) is 0.357. The van der Waals surface area contributed by atoms with Gasteiger partial charge in [0.2, 0.25) is 5.91 Å². The van der Waals surface area contributed by atoms with Crippen LogP contribution in [0.15, 0.2) is 22.7 Å². The van der Waals surface area contributed by atoms with Gasteiger partial charge in [0.25, 0.3) is 11.8 Å². The Balaban J connectivity index is 1.72. The number of imide groups is 1. The molecule has 0 aromatic heterocycles. The summed E-state index contributed by atoms with van der Waals surface area (Å²) >= 11 is 3.24. The van der Waals surface area contributed by atoms with Crippen LogP contribution in [0, 0.1) is 0 Å². The average Bonchev–Trinajstić information content (AvgIpc) is 2.79. The zero-order chi connectivity index (χ0) is 17.4. The van der Waals surface area contributed by atoms with Gasteiger partial charge < -0.3 is 14.7 Å². The lowest BCUT2D eigenvalue weighted by Crippen LogP contribution is -2.51. The number of fused-ring (bicyclic) bond motifs is 1. The fourth-order valence-electron chi connectivity index (χ4n) is 2.67. The number of aliphatic carboxylic acids is 1. The molecule has 1 unspecified atom stereocenters. The molecule has 0 spiro atoms. The molecular weight excluding hydrogens is 384 g/mol. The molecule has 2 aliphatic rings. The van der Waals surface area contributed by atoms with E-state index in [4.69, 9.17) is 9.84 Å². The monoisotopic (exact) mass is 396 g/mol. The number of hydrogen-bond donors (Lipinski definition) is 1. The van der Waals surface area contributed by atoms with Gasteiger partial charge >= 0.3 is 5.97 Å². The minimum absolute atomic E-state index is 0.0950. The number of halogens is 1. The lowest BCUT2D eigenvalue weighted by atomic mass is 10.1. The summed E-state index contributed by atoms with van der Waals surface area (Å²) in [6, 6.07) is 4.71. The quantitative estimate of drug-likeness (QED) is 0.739. The largest absolute Gasteiger partial charge is 0.479 e. The molecule has 0 radical (unpaired) electrons. The van der Waals surface area contributed by atoms with E-state index in [1.807, 2.05) is 0 Å². The first-order valence-electron chi connectivity index (χ1n) is 7.16. The molecule has 1 atom stereocenters. The van der Waals surface area contributed by atoms with Gasteiger partial charge in [-0.3, -0.25) is 19.3 Å². The van der Waals surface area contributed by atoms with Gasteiger partial charge in [0, 0.05) is 11.0 Å². The summed E-state index contributed by atoms with van der Waals surface area (Å²) in [7, 11) is 0. The topological polar surface area (TPSA) is 104 Å². The number of morpholine rings is 1. The van der Waals surface area contributed by atoms with E-state index in [2.05, 4.69) is 15.9 Å². The molecule has 8 nitrogen and oxygen atoms in total. The van der Waals surface area contributed by atoms with Crippen LogP contribution in [0.25, 0.3) is 0 Å². The summed E-state index contributed by atoms with van der Waals surface area (Å²) in [6.07, 6.45) is -1.10. The lowest BCUT2D eigenvalue weighted by molar-refractivity contribution is -0.159. The molecule has 0 bridgehead atoms. The number of carbonyl (C=O) groups excluding carboxylic acids is 3. The maximum absolute atomic E-state index is 12.4. The van der Waals surface area contributed by atoms with Gasteiger partial charge in [-0.25, -0.2) is 4.79 Å². The highest BCUT2D eigenvalue weighted by molar-refractivity contribution is 9.10. The van der Waals surface area contributed by atoms with Gasteiger partial charge in [-0.15, -0.1) is 0 Å². The van der Waals surface area contributed by atoms with Crippen molar-refractivity contribution in [1.82, 2.24) is 9.80 Å². The Morgan fingerprint density at radius 1 is 1.25 bits per heavy atom. The molecule has 24 heavy (non-hydrogen) atoms. The third kappa shape index (κ3) is 2.92. The summed E-state index contributed by atoms with van der Waals surface area (Å²) < 4.78 is 5.71. The second kappa shape index (κ2) is 6.33. The van der Waals surface area contributed by atoms with E-state index in [1.165, 1.54) is 17.0 Å². The smallest absolute Gasteiger partial charge is 0.334 e. The Kier molecular flexibility index (Phi) is 4.37. The first-order valence-corrected chi connectivity index (χ1v) is 7.95. The summed E-state index contributed by atoms with van der Waals surface area (Å²) in [5.41, 5.74) is 0.494. The van der Waals surface area contributed by atoms with E-state index in [1.54, 1.807) is 6.07 Å². The Morgan fingerprint density at radius 2 is 1.96 bits per heavy atom. The number of ether oxygens (including phenoxy) is 1. The minimum Gasteiger partial charge on any atom is -0.479 e. The Bertz CT molecular complexity index is 749. The highest BCUT2D eigenvalue weighted by Crippen LogP contribution is 2.26. The van der Waals surface area contributed by atoms with Crippen LogP contribution in [0.1, 0.15) is 20.7 Å². The second-order valence-electron chi connectivity index (χ2n) is 5.42. The molecule has 9 heteroatoms. The molecular formula is C15H13BrN2O6. The highest BCUT2D eigenvalue weighted by Gasteiger charge is 2.38. The van der Waals surface area contributed by atoms with Crippen LogP contribution >= 0.6 is 15.9 Å². The number of carboxylic acid groups (broad SMARTS) is 1. The number of carbonyl (C=O) groups is 4. The molecule has 126 valence electrons. The molecule has 1 fully saturated rings. The number of benzene rings is 1. The third-order valence-corrected chi connectivity index (χ3v) is 4.41. The van der Waals surface area contributed by atoms with Crippen molar-refractivity contribution in [1.29, 1.82) is 0 Å². The van der Waals surface area contributed by atoms with Crippen LogP contribution in [0.5, 0.6) is 0 Å². The molecule has 1 saturated heterocycles. The molecule has 1 N–H and O–H groups in total. The predicted molar refractivity (Wildman–Crippen MR) is 83.5 cm³/mol. The van der Waals surface area contributed by atoms with Crippen LogP contribution in [-0.2, 0) is 14.3 Å². The first kappa shape index (κ1) is 16.6. The summed E-state index contributed by atoms with van der Waals surface area (Å²) in [5, 5.41) is 8.96. The Labute approximate surface area is 145 Å². The van der Waals surface area contributed by atoms with E-state index in [0.717, 1.165) is 4.90 Å². The fourth-order valence-corrected chi connectivity index (χ4v) is 3.03. The van der Waals surface area contributed by atoms with Crippen LogP contribution in [0.4, 0.5) is 0 Å². The van der Waals surface area contributed by atoms with Crippen molar-refractivity contribution in [3.8, 4) is 0 Å². The van der Waals surface area contributed by atoms with Crippen LogP contribution in [-0.4, -0.2) is 70.9 Å². The van der Waals surface area contributed by atoms with Crippen molar-refractivity contribution in [2.45, 2.75) is 6.10 Å². The number of nitrogens with zero attached hydrogens (tertiary/aromatic N) is 2. The summed E-state index contributed by atoms with van der Waals surface area (Å²) in [6.45, 7) is -0.214. The van der Waals surface area contributed by atoms with E-state index in [0.29, 0.717) is 4.47 Å². The van der Waals surface area contributed by atoms with Crippen LogP contribution in [0.2, 0.25) is 0 Å². The Hall–Kier alpha value is -2.26. The number of hydrogen-bond acceptors (Lipinski definition) is 5. The Morgan fingerprint density at radius 3 is 2.67 bits per heavy atom. The van der Waals surface area contributed by atoms with Crippen molar-refractivity contribution in [2.24, 2.45) is 0 Å². The van der Waals surface area contributed by atoms with Gasteiger partial charge in [-0.2, -0.15) is 0 Å². The summed E-state index contributed by atoms with van der Waals surface area (Å²) in [5.74, 6) is -2.71. The normalized spacial score (nSPS) is 20.3. The number of rotatable bonds is 3. The molecule has 3 amide bonds. The molecule has 3 rings (SSSR count). The number of carboxylic acids is 1. The molecule has 2 aliphatic heterocycles. The SMILES string of the molecule is O=C(O)C1CN(C(=O)CN2C(=O)c3ccc(Br)cc3C2=O)CCO1. The maximum Gasteiger partial charge on any atom is 0.334 e. The molecule has 0 saturated carbocycles. The molecule has 1 aromatic rings. The highest BCUT2D eigenvalue weighted by atomic mass is 79.9. The third-order valence-electron chi connectivity index (χ3n) is 3.92. The minimum atomic E-state index is -1.15. The van der Waals surface area contributed by atoms with E-state index >= 15 is 0 Å². The van der Waals surface area contributed by atoms with Gasteiger partial charge in [-0.05, 0) is 18.2 Å². The van der Waals surface area contributed by atoms with Gasteiger partial charge in [0.1, 0.15) is 6.54 Å². The van der Waals surface area contributed by atoms with E-state index in [9.17, 15) is 19.2 Å². The van der Waals surface area contributed by atoms with E-state index < -0.39 is 36.3 Å². The van der Waals surface area contributed by atoms with Crippen molar-refractivity contribution in [2.75, 3.05) is 26.2 Å². The van der Waals surface area contributed by atoms with Gasteiger partial charge in [0.15, 0.2) is 6.10 Å². The zero-order valence-electron chi connectivity index (χ0n) is 12.4. The standard InChI is InChI=1S/C15H13BrN2O6/c16-8-1-2-9-10(5-8)14(21)18(13(9)20)7-12(19)17-3-4-24-11(6-17)15(22)23/h1-2,5,11H,3-4,6-7H2,(H,22,23). The van der Waals surface area contributed by atoms with Crippen molar-refractivity contribution in [3.63, 3.8) is 0 Å². The molecule has 1 aromatic carbocycles. The zero-order valence-corrected chi connectivity index (χ0v) is 14.0. The molecule has 2 heterocycles. The molecule has 0 aliphatic carbocycles. The fraction of sp³-hybridized carbons (Fsp3) is 0.333. The van der Waals surface area contributed by atoms with Crippen molar-refractivity contribution < 1.29 is 29.0 Å². The van der Waals surface area contributed by atoms with Gasteiger partial charge in [0.05, 0.1) is 24.3 Å². The van der Waals surface area contributed by atoms with E-state index in [-0.39, 0.29) is 30.8 Å².